The maximum atomic E-state index is 3.47. The van der Waals surface area contributed by atoms with Gasteiger partial charge in [0.2, 0.25) is 0 Å². The highest BCUT2D eigenvalue weighted by Gasteiger charge is 2.16. The Hall–Kier alpha value is -0.0800. The molecule has 0 aliphatic carbocycles. The van der Waals surface area contributed by atoms with E-state index in [2.05, 4.69) is 51.9 Å². The number of hydrogen-bond donors (Lipinski definition) is 1. The molecule has 0 fully saturated rings. The van der Waals surface area contributed by atoms with Crippen LogP contribution < -0.4 is 5.32 Å². The Balaban J connectivity index is 3.69. The van der Waals surface area contributed by atoms with Gasteiger partial charge in [-0.1, -0.05) is 20.8 Å². The van der Waals surface area contributed by atoms with Gasteiger partial charge in [0, 0.05) is 12.1 Å². The fourth-order valence-corrected chi connectivity index (χ4v) is 2.31. The van der Waals surface area contributed by atoms with Gasteiger partial charge in [-0.3, -0.25) is 0 Å². The van der Waals surface area contributed by atoms with Crippen molar-refractivity contribution in [3.8, 4) is 0 Å². The van der Waals surface area contributed by atoms with Gasteiger partial charge in [0.25, 0.3) is 0 Å². The van der Waals surface area contributed by atoms with Crippen LogP contribution >= 0.6 is 0 Å². The minimum Gasteiger partial charge on any atom is -0.317 e. The van der Waals surface area contributed by atoms with Gasteiger partial charge >= 0.3 is 0 Å². The van der Waals surface area contributed by atoms with E-state index in [1.165, 1.54) is 32.2 Å². The smallest absolute Gasteiger partial charge is 0.00691 e. The summed E-state index contributed by atoms with van der Waals surface area (Å²) in [6.45, 7) is 13.9. The summed E-state index contributed by atoms with van der Waals surface area (Å²) in [5.74, 6) is 0.797. The highest BCUT2D eigenvalue weighted by Crippen LogP contribution is 2.14. The van der Waals surface area contributed by atoms with Gasteiger partial charge in [-0.25, -0.2) is 0 Å². The molecule has 0 aromatic rings. The molecule has 0 saturated heterocycles. The Morgan fingerprint density at radius 2 is 1.65 bits per heavy atom. The molecule has 0 aliphatic heterocycles. The molecule has 104 valence electrons. The summed E-state index contributed by atoms with van der Waals surface area (Å²) >= 11 is 0. The van der Waals surface area contributed by atoms with Crippen LogP contribution in [0.4, 0.5) is 0 Å². The van der Waals surface area contributed by atoms with Crippen LogP contribution in [0.15, 0.2) is 0 Å². The second-order valence-corrected chi connectivity index (χ2v) is 5.89. The minimum atomic E-state index is 0.701. The summed E-state index contributed by atoms with van der Waals surface area (Å²) in [6, 6.07) is 1.40. The van der Waals surface area contributed by atoms with Crippen LogP contribution in [0.1, 0.15) is 60.3 Å². The van der Waals surface area contributed by atoms with Crippen LogP contribution in [0.3, 0.4) is 0 Å². The van der Waals surface area contributed by atoms with Gasteiger partial charge in [0.05, 0.1) is 0 Å². The van der Waals surface area contributed by atoms with Crippen molar-refractivity contribution in [3.63, 3.8) is 0 Å². The third-order valence-electron chi connectivity index (χ3n) is 3.61. The largest absolute Gasteiger partial charge is 0.317 e. The third kappa shape index (κ3) is 8.62. The van der Waals surface area contributed by atoms with Gasteiger partial charge < -0.3 is 10.2 Å². The zero-order valence-corrected chi connectivity index (χ0v) is 12.9. The van der Waals surface area contributed by atoms with Gasteiger partial charge in [-0.05, 0) is 65.6 Å². The fourth-order valence-electron chi connectivity index (χ4n) is 2.31. The summed E-state index contributed by atoms with van der Waals surface area (Å²) in [4.78, 5) is 2.54. The Labute approximate surface area is 109 Å². The van der Waals surface area contributed by atoms with E-state index < -0.39 is 0 Å². The average Bonchev–Trinajstić information content (AvgIpc) is 2.26. The molecule has 2 heteroatoms. The van der Waals surface area contributed by atoms with E-state index in [0.29, 0.717) is 12.1 Å². The molecular formula is C15H34N2. The predicted molar refractivity (Wildman–Crippen MR) is 78.5 cm³/mol. The summed E-state index contributed by atoms with van der Waals surface area (Å²) in [5.41, 5.74) is 0. The van der Waals surface area contributed by atoms with Gasteiger partial charge in [0.1, 0.15) is 0 Å². The maximum Gasteiger partial charge on any atom is 0.00691 e. The van der Waals surface area contributed by atoms with Crippen molar-refractivity contribution in [1.29, 1.82) is 0 Å². The van der Waals surface area contributed by atoms with E-state index in [9.17, 15) is 0 Å². The number of nitrogens with zero attached hydrogens (tertiary/aromatic N) is 1. The topological polar surface area (TPSA) is 15.3 Å². The Kier molecular flexibility index (Phi) is 9.85. The molecule has 2 nitrogen and oxygen atoms in total. The second kappa shape index (κ2) is 9.90. The first-order chi connectivity index (χ1) is 7.99. The molecule has 0 amide bonds. The molecule has 0 radical (unpaired) electrons. The van der Waals surface area contributed by atoms with Gasteiger partial charge in [-0.2, -0.15) is 0 Å². The average molecular weight is 242 g/mol. The first kappa shape index (κ1) is 16.9. The van der Waals surface area contributed by atoms with Crippen molar-refractivity contribution >= 4 is 0 Å². The van der Waals surface area contributed by atoms with E-state index >= 15 is 0 Å². The van der Waals surface area contributed by atoms with Crippen molar-refractivity contribution in [2.75, 3.05) is 20.1 Å². The first-order valence-corrected chi connectivity index (χ1v) is 7.41. The summed E-state index contributed by atoms with van der Waals surface area (Å²) in [6.07, 6.45) is 5.13. The molecule has 0 bridgehead atoms. The maximum absolute atomic E-state index is 3.47. The molecule has 0 aromatic heterocycles. The van der Waals surface area contributed by atoms with Crippen molar-refractivity contribution in [3.05, 3.63) is 0 Å². The Bertz CT molecular complexity index is 168. The Morgan fingerprint density at radius 1 is 1.00 bits per heavy atom. The van der Waals surface area contributed by atoms with Crippen LogP contribution in [0, 0.1) is 5.92 Å². The molecular weight excluding hydrogens is 208 g/mol. The standard InChI is InChI=1S/C15H34N2/c1-7-10-16-11-8-9-14(4)17(6)15(5)12-13(2)3/h13-16H,7-12H2,1-6H3. The van der Waals surface area contributed by atoms with Crippen molar-refractivity contribution < 1.29 is 0 Å². The molecule has 2 unspecified atom stereocenters. The van der Waals surface area contributed by atoms with E-state index in [-0.39, 0.29) is 0 Å². The predicted octanol–water partition coefficient (Wildman–Crippen LogP) is 3.52. The van der Waals surface area contributed by atoms with E-state index in [4.69, 9.17) is 0 Å². The molecule has 0 spiro atoms. The summed E-state index contributed by atoms with van der Waals surface area (Å²) < 4.78 is 0. The first-order valence-electron chi connectivity index (χ1n) is 7.41. The number of nitrogens with one attached hydrogen (secondary N) is 1. The number of rotatable bonds is 10. The molecule has 0 heterocycles. The zero-order chi connectivity index (χ0) is 13.3. The zero-order valence-electron chi connectivity index (χ0n) is 12.9. The Morgan fingerprint density at radius 3 is 2.18 bits per heavy atom. The lowest BCUT2D eigenvalue weighted by Crippen LogP contribution is -2.38. The van der Waals surface area contributed by atoms with E-state index in [1.807, 2.05) is 0 Å². The van der Waals surface area contributed by atoms with E-state index in [1.54, 1.807) is 0 Å². The fraction of sp³-hybridized carbons (Fsp3) is 1.00. The van der Waals surface area contributed by atoms with Crippen molar-refractivity contribution in [1.82, 2.24) is 10.2 Å². The van der Waals surface area contributed by atoms with Gasteiger partial charge in [-0.15, -0.1) is 0 Å². The minimum absolute atomic E-state index is 0.701. The van der Waals surface area contributed by atoms with Crippen LogP contribution in [0.2, 0.25) is 0 Å². The number of hydrogen-bond acceptors (Lipinski definition) is 2. The molecule has 0 saturated carbocycles. The molecule has 0 rings (SSSR count). The highest BCUT2D eigenvalue weighted by atomic mass is 15.1. The summed E-state index contributed by atoms with van der Waals surface area (Å²) in [7, 11) is 2.27. The van der Waals surface area contributed by atoms with Crippen LogP contribution in [0.25, 0.3) is 0 Å². The van der Waals surface area contributed by atoms with Gasteiger partial charge in [0.15, 0.2) is 0 Å². The van der Waals surface area contributed by atoms with E-state index in [0.717, 1.165) is 12.5 Å². The van der Waals surface area contributed by atoms with Crippen molar-refractivity contribution in [2.45, 2.75) is 72.4 Å². The molecule has 2 atom stereocenters. The monoisotopic (exact) mass is 242 g/mol. The lowest BCUT2D eigenvalue weighted by Gasteiger charge is -2.32. The summed E-state index contributed by atoms with van der Waals surface area (Å²) in [5, 5.41) is 3.47. The molecule has 17 heavy (non-hydrogen) atoms. The van der Waals surface area contributed by atoms with Crippen molar-refractivity contribution in [2.24, 2.45) is 5.92 Å². The molecule has 0 aromatic carbocycles. The lowest BCUT2D eigenvalue weighted by atomic mass is 10.0. The van der Waals surface area contributed by atoms with Crippen LogP contribution in [-0.4, -0.2) is 37.1 Å². The quantitative estimate of drug-likeness (QED) is 0.590. The molecule has 0 aliphatic rings. The highest BCUT2D eigenvalue weighted by molar-refractivity contribution is 4.71. The SMILES string of the molecule is CCCNCCCC(C)N(C)C(C)CC(C)C. The normalized spacial score (nSPS) is 15.5. The third-order valence-corrected chi connectivity index (χ3v) is 3.61. The molecule has 1 N–H and O–H groups in total. The second-order valence-electron chi connectivity index (χ2n) is 5.89. The lowest BCUT2D eigenvalue weighted by molar-refractivity contribution is 0.166. The van der Waals surface area contributed by atoms with Crippen LogP contribution in [-0.2, 0) is 0 Å². The van der Waals surface area contributed by atoms with Crippen LogP contribution in [0.5, 0.6) is 0 Å².